The topological polar surface area (TPSA) is 72.2 Å². The second-order valence-electron chi connectivity index (χ2n) is 5.15. The van der Waals surface area contributed by atoms with Crippen LogP contribution in [-0.4, -0.2) is 23.1 Å². The van der Waals surface area contributed by atoms with E-state index in [4.69, 9.17) is 11.6 Å². The first-order valence-electron chi connectivity index (χ1n) is 7.57. The molecule has 2 aromatic carbocycles. The van der Waals surface area contributed by atoms with E-state index in [1.807, 2.05) is 24.3 Å². The molecule has 25 heavy (non-hydrogen) atoms. The summed E-state index contributed by atoms with van der Waals surface area (Å²) in [5.41, 5.74) is 1.95. The van der Waals surface area contributed by atoms with Crippen LogP contribution in [0.15, 0.2) is 54.6 Å². The number of carbonyl (C=O) groups excluding carboxylic acids is 1. The molecule has 0 radical (unpaired) electrons. The number of nitrogens with zero attached hydrogens (tertiary/aromatic N) is 1. The minimum atomic E-state index is -0.456. The smallest absolute Gasteiger partial charge is 0.269 e. The van der Waals surface area contributed by atoms with E-state index in [0.717, 1.165) is 22.1 Å². The molecule has 0 saturated carbocycles. The zero-order valence-electron chi connectivity index (χ0n) is 13.4. The van der Waals surface area contributed by atoms with Crippen molar-refractivity contribution >= 4 is 41.0 Å². The standard InChI is InChI=1S/C18H17ClN2O3S/c19-16-6-1-15(2-7-16)13-25-12-11-20-18(22)10-5-14-3-8-17(9-4-14)21(23)24/h1-10H,11-13H2,(H,20,22). The highest BCUT2D eigenvalue weighted by Gasteiger charge is 2.02. The fraction of sp³-hybridized carbons (Fsp3) is 0.167. The van der Waals surface area contributed by atoms with E-state index in [1.165, 1.54) is 23.8 Å². The molecule has 1 amide bonds. The molecule has 0 aliphatic rings. The minimum Gasteiger partial charge on any atom is -0.352 e. The van der Waals surface area contributed by atoms with Crippen molar-refractivity contribution in [3.05, 3.63) is 80.9 Å². The fourth-order valence-corrected chi connectivity index (χ4v) is 2.90. The Morgan fingerprint density at radius 3 is 2.48 bits per heavy atom. The quantitative estimate of drug-likeness (QED) is 0.322. The van der Waals surface area contributed by atoms with Crippen LogP contribution in [0.2, 0.25) is 5.02 Å². The number of nitro benzene ring substituents is 1. The predicted octanol–water partition coefficient (Wildman–Crippen LogP) is 4.31. The lowest BCUT2D eigenvalue weighted by Crippen LogP contribution is -2.23. The SMILES string of the molecule is O=C(C=Cc1ccc([N+](=O)[O-])cc1)NCCSCc1ccc(Cl)cc1. The number of benzene rings is 2. The van der Waals surface area contributed by atoms with Crippen LogP contribution < -0.4 is 5.32 Å². The predicted molar refractivity (Wildman–Crippen MR) is 103 cm³/mol. The molecule has 0 unspecified atom stereocenters. The van der Waals surface area contributed by atoms with Gasteiger partial charge in [0.05, 0.1) is 4.92 Å². The maximum Gasteiger partial charge on any atom is 0.269 e. The van der Waals surface area contributed by atoms with Crippen LogP contribution in [0.4, 0.5) is 5.69 Å². The van der Waals surface area contributed by atoms with Crippen LogP contribution in [0.1, 0.15) is 11.1 Å². The van der Waals surface area contributed by atoms with Crippen LogP contribution in [0.5, 0.6) is 0 Å². The van der Waals surface area contributed by atoms with Crippen LogP contribution in [0, 0.1) is 10.1 Å². The van der Waals surface area contributed by atoms with Crippen LogP contribution in [0.25, 0.3) is 6.08 Å². The molecule has 0 fully saturated rings. The Kier molecular flexibility index (Phi) is 7.50. The lowest BCUT2D eigenvalue weighted by atomic mass is 10.2. The Morgan fingerprint density at radius 2 is 1.84 bits per heavy atom. The summed E-state index contributed by atoms with van der Waals surface area (Å²) in [6.45, 7) is 0.571. The maximum atomic E-state index is 11.7. The van der Waals surface area contributed by atoms with Gasteiger partial charge in [0.2, 0.25) is 5.91 Å². The van der Waals surface area contributed by atoms with E-state index < -0.39 is 4.92 Å². The van der Waals surface area contributed by atoms with E-state index >= 15 is 0 Å². The van der Waals surface area contributed by atoms with Crippen molar-refractivity contribution in [2.75, 3.05) is 12.3 Å². The molecule has 0 bridgehead atoms. The summed E-state index contributed by atoms with van der Waals surface area (Å²) in [5, 5.41) is 14.1. The van der Waals surface area contributed by atoms with Crippen molar-refractivity contribution in [1.82, 2.24) is 5.32 Å². The first-order valence-corrected chi connectivity index (χ1v) is 9.10. The Morgan fingerprint density at radius 1 is 1.16 bits per heavy atom. The molecule has 1 N–H and O–H groups in total. The fourth-order valence-electron chi connectivity index (χ4n) is 1.96. The third-order valence-electron chi connectivity index (χ3n) is 3.26. The average Bonchev–Trinajstić information content (AvgIpc) is 2.61. The highest BCUT2D eigenvalue weighted by atomic mass is 35.5. The molecule has 0 heterocycles. The molecule has 2 aromatic rings. The van der Waals surface area contributed by atoms with Crippen molar-refractivity contribution in [2.45, 2.75) is 5.75 Å². The van der Waals surface area contributed by atoms with Crippen molar-refractivity contribution in [2.24, 2.45) is 0 Å². The lowest BCUT2D eigenvalue weighted by Gasteiger charge is -2.03. The molecule has 130 valence electrons. The third kappa shape index (κ3) is 6.99. The summed E-state index contributed by atoms with van der Waals surface area (Å²) in [4.78, 5) is 21.8. The summed E-state index contributed by atoms with van der Waals surface area (Å²) < 4.78 is 0. The normalized spacial score (nSPS) is 10.8. The van der Waals surface area contributed by atoms with Crippen molar-refractivity contribution < 1.29 is 9.72 Å². The second kappa shape index (κ2) is 9.86. The first kappa shape index (κ1) is 19.0. The van der Waals surface area contributed by atoms with E-state index in [2.05, 4.69) is 5.32 Å². The third-order valence-corrected chi connectivity index (χ3v) is 4.54. The number of rotatable bonds is 8. The molecule has 7 heteroatoms. The van der Waals surface area contributed by atoms with Crippen LogP contribution in [-0.2, 0) is 10.5 Å². The van der Waals surface area contributed by atoms with Gasteiger partial charge in [-0.05, 0) is 41.5 Å². The van der Waals surface area contributed by atoms with E-state index in [0.29, 0.717) is 6.54 Å². The van der Waals surface area contributed by atoms with Gasteiger partial charge in [0.25, 0.3) is 5.69 Å². The van der Waals surface area contributed by atoms with Crippen LogP contribution in [0.3, 0.4) is 0 Å². The Labute approximate surface area is 155 Å². The maximum absolute atomic E-state index is 11.7. The highest BCUT2D eigenvalue weighted by molar-refractivity contribution is 7.98. The van der Waals surface area contributed by atoms with Crippen molar-refractivity contribution in [3.63, 3.8) is 0 Å². The molecule has 2 rings (SSSR count). The van der Waals surface area contributed by atoms with Gasteiger partial charge < -0.3 is 5.32 Å². The van der Waals surface area contributed by atoms with Gasteiger partial charge in [-0.3, -0.25) is 14.9 Å². The zero-order valence-corrected chi connectivity index (χ0v) is 14.9. The van der Waals surface area contributed by atoms with Crippen molar-refractivity contribution in [3.8, 4) is 0 Å². The summed E-state index contributed by atoms with van der Waals surface area (Å²) in [7, 11) is 0. The molecule has 0 aliphatic heterocycles. The van der Waals surface area contributed by atoms with Gasteiger partial charge in [0.15, 0.2) is 0 Å². The summed E-state index contributed by atoms with van der Waals surface area (Å²) in [6, 6.07) is 13.7. The number of thioether (sulfide) groups is 1. The van der Waals surface area contributed by atoms with Gasteiger partial charge in [-0.2, -0.15) is 11.8 Å². The molecule has 5 nitrogen and oxygen atoms in total. The molecule has 0 aromatic heterocycles. The van der Waals surface area contributed by atoms with Crippen LogP contribution >= 0.6 is 23.4 Å². The second-order valence-corrected chi connectivity index (χ2v) is 6.69. The summed E-state index contributed by atoms with van der Waals surface area (Å²) in [5.74, 6) is 1.48. The number of halogens is 1. The zero-order chi connectivity index (χ0) is 18.1. The molecule has 0 aliphatic carbocycles. The molecule has 0 spiro atoms. The Bertz CT molecular complexity index is 746. The largest absolute Gasteiger partial charge is 0.352 e. The van der Waals surface area contributed by atoms with E-state index in [9.17, 15) is 14.9 Å². The number of non-ortho nitro benzene ring substituents is 1. The highest BCUT2D eigenvalue weighted by Crippen LogP contribution is 2.15. The minimum absolute atomic E-state index is 0.0271. The number of nitro groups is 1. The summed E-state index contributed by atoms with van der Waals surface area (Å²) >= 11 is 7.56. The van der Waals surface area contributed by atoms with Gasteiger partial charge in [0, 0.05) is 41.3 Å². The number of hydrogen-bond acceptors (Lipinski definition) is 4. The monoisotopic (exact) mass is 376 g/mol. The average molecular weight is 377 g/mol. The molecular weight excluding hydrogens is 360 g/mol. The number of nitrogens with one attached hydrogen (secondary N) is 1. The number of hydrogen-bond donors (Lipinski definition) is 1. The van der Waals surface area contributed by atoms with E-state index in [-0.39, 0.29) is 11.6 Å². The molecule has 0 saturated heterocycles. The lowest BCUT2D eigenvalue weighted by molar-refractivity contribution is -0.384. The van der Waals surface area contributed by atoms with Crippen molar-refractivity contribution in [1.29, 1.82) is 0 Å². The molecular formula is C18H17ClN2O3S. The van der Waals surface area contributed by atoms with E-state index in [1.54, 1.807) is 30.0 Å². The van der Waals surface area contributed by atoms with Gasteiger partial charge in [-0.1, -0.05) is 23.7 Å². The van der Waals surface area contributed by atoms with Gasteiger partial charge in [0.1, 0.15) is 0 Å². The Hall–Kier alpha value is -2.31. The summed E-state index contributed by atoms with van der Waals surface area (Å²) in [6.07, 6.45) is 3.05. The Balaban J connectivity index is 1.66. The molecule has 0 atom stereocenters. The van der Waals surface area contributed by atoms with Gasteiger partial charge in [-0.15, -0.1) is 0 Å². The van der Waals surface area contributed by atoms with Gasteiger partial charge >= 0.3 is 0 Å². The first-order chi connectivity index (χ1) is 12.0. The number of carbonyl (C=O) groups is 1. The van der Waals surface area contributed by atoms with Gasteiger partial charge in [-0.25, -0.2) is 0 Å². The number of amides is 1.